The molecule has 0 aliphatic carbocycles. The van der Waals surface area contributed by atoms with Crippen LogP contribution < -0.4 is 10.6 Å². The lowest BCUT2D eigenvalue weighted by Gasteiger charge is -2.22. The number of hydrogen-bond donors (Lipinski definition) is 1. The van der Waals surface area contributed by atoms with E-state index in [0.29, 0.717) is 0 Å². The summed E-state index contributed by atoms with van der Waals surface area (Å²) in [5.74, 6) is 1.93. The lowest BCUT2D eigenvalue weighted by molar-refractivity contribution is 0.529. The molecule has 0 bridgehead atoms. The van der Waals surface area contributed by atoms with E-state index in [2.05, 4.69) is 22.9 Å². The third-order valence-electron chi connectivity index (χ3n) is 3.59. The van der Waals surface area contributed by atoms with Crippen molar-refractivity contribution in [1.29, 1.82) is 0 Å². The van der Waals surface area contributed by atoms with Gasteiger partial charge in [-0.25, -0.2) is 4.98 Å². The number of rotatable bonds is 4. The smallest absolute Gasteiger partial charge is 0.133 e. The van der Waals surface area contributed by atoms with Crippen molar-refractivity contribution in [2.24, 2.45) is 11.7 Å². The number of aromatic nitrogens is 1. The fraction of sp³-hybridized carbons (Fsp3) is 0.643. The summed E-state index contributed by atoms with van der Waals surface area (Å²) in [5.41, 5.74) is 7.18. The van der Waals surface area contributed by atoms with Gasteiger partial charge < -0.3 is 10.6 Å². The van der Waals surface area contributed by atoms with Crippen molar-refractivity contribution in [1.82, 2.24) is 4.98 Å². The van der Waals surface area contributed by atoms with Crippen LogP contribution in [0.3, 0.4) is 0 Å². The highest BCUT2D eigenvalue weighted by Crippen LogP contribution is 2.29. The number of nitrogens with zero attached hydrogens (tertiary/aromatic N) is 2. The van der Waals surface area contributed by atoms with E-state index in [4.69, 9.17) is 5.73 Å². The molecule has 2 heterocycles. The monoisotopic (exact) mass is 233 g/mol. The summed E-state index contributed by atoms with van der Waals surface area (Å²) in [6.07, 6.45) is 5.77. The van der Waals surface area contributed by atoms with Gasteiger partial charge in [0.05, 0.1) is 0 Å². The summed E-state index contributed by atoms with van der Waals surface area (Å²) in [6, 6.07) is 4.13. The van der Waals surface area contributed by atoms with Crippen molar-refractivity contribution in [2.45, 2.75) is 39.2 Å². The molecule has 1 unspecified atom stereocenters. The lowest BCUT2D eigenvalue weighted by atomic mass is 10.0. The fourth-order valence-electron chi connectivity index (χ4n) is 2.70. The Morgan fingerprint density at radius 2 is 2.41 bits per heavy atom. The van der Waals surface area contributed by atoms with E-state index in [1.807, 2.05) is 19.2 Å². The molecule has 0 spiro atoms. The third-order valence-corrected chi connectivity index (χ3v) is 3.59. The highest BCUT2D eigenvalue weighted by atomic mass is 15.2. The van der Waals surface area contributed by atoms with Crippen molar-refractivity contribution in [3.63, 3.8) is 0 Å². The van der Waals surface area contributed by atoms with E-state index in [-0.39, 0.29) is 6.04 Å². The van der Waals surface area contributed by atoms with E-state index in [0.717, 1.165) is 24.8 Å². The molecular weight excluding hydrogens is 210 g/mol. The molecule has 0 saturated carbocycles. The molecule has 1 aliphatic rings. The molecule has 3 nitrogen and oxygen atoms in total. The van der Waals surface area contributed by atoms with Gasteiger partial charge in [0, 0.05) is 30.9 Å². The summed E-state index contributed by atoms with van der Waals surface area (Å²) in [6.45, 7) is 6.56. The number of anilines is 1. The third kappa shape index (κ3) is 2.78. The predicted octanol–water partition coefficient (Wildman–Crippen LogP) is 2.73. The Morgan fingerprint density at radius 1 is 1.59 bits per heavy atom. The summed E-state index contributed by atoms with van der Waals surface area (Å²) in [7, 11) is 0. The molecule has 2 atom stereocenters. The highest BCUT2D eigenvalue weighted by Gasteiger charge is 2.24. The standard InChI is InChI=1S/C14H23N3/c1-3-5-12-7-9-17(10-12)14-13(11(2)15)6-4-8-16-14/h4,6,8,11-12H,3,5,7,9-10,15H2,1-2H3/t11-,12?/m1/s1. The first-order chi connectivity index (χ1) is 8.22. The Labute approximate surface area is 104 Å². The Bertz CT molecular complexity index is 362. The van der Waals surface area contributed by atoms with E-state index in [1.165, 1.54) is 24.8 Å². The van der Waals surface area contributed by atoms with Gasteiger partial charge in [-0.3, -0.25) is 0 Å². The van der Waals surface area contributed by atoms with Crippen molar-refractivity contribution in [3.05, 3.63) is 23.9 Å². The Balaban J connectivity index is 2.13. The molecule has 0 radical (unpaired) electrons. The van der Waals surface area contributed by atoms with Crippen molar-refractivity contribution in [2.75, 3.05) is 18.0 Å². The number of nitrogens with two attached hydrogens (primary N) is 1. The van der Waals surface area contributed by atoms with Crippen LogP contribution in [-0.2, 0) is 0 Å². The molecule has 0 aromatic carbocycles. The largest absolute Gasteiger partial charge is 0.356 e. The zero-order chi connectivity index (χ0) is 12.3. The quantitative estimate of drug-likeness (QED) is 0.869. The first-order valence-corrected chi connectivity index (χ1v) is 6.67. The Morgan fingerprint density at radius 3 is 3.12 bits per heavy atom. The number of pyridine rings is 1. The Hall–Kier alpha value is -1.09. The fourth-order valence-corrected chi connectivity index (χ4v) is 2.70. The van der Waals surface area contributed by atoms with Gasteiger partial charge in [0.1, 0.15) is 5.82 Å². The normalized spacial score (nSPS) is 21.8. The van der Waals surface area contributed by atoms with Gasteiger partial charge >= 0.3 is 0 Å². The topological polar surface area (TPSA) is 42.2 Å². The van der Waals surface area contributed by atoms with E-state index >= 15 is 0 Å². The minimum absolute atomic E-state index is 0.0592. The molecule has 94 valence electrons. The molecule has 1 aromatic heterocycles. The molecule has 17 heavy (non-hydrogen) atoms. The van der Waals surface area contributed by atoms with E-state index in [9.17, 15) is 0 Å². The van der Waals surface area contributed by atoms with Crippen LogP contribution >= 0.6 is 0 Å². The van der Waals surface area contributed by atoms with Crippen LogP contribution in [0.4, 0.5) is 5.82 Å². The maximum absolute atomic E-state index is 6.01. The molecule has 2 rings (SSSR count). The minimum atomic E-state index is 0.0592. The molecule has 0 amide bonds. The summed E-state index contributed by atoms with van der Waals surface area (Å²) < 4.78 is 0. The summed E-state index contributed by atoms with van der Waals surface area (Å²) in [5, 5.41) is 0. The Kier molecular flexibility index (Phi) is 4.00. The highest BCUT2D eigenvalue weighted by molar-refractivity contribution is 5.49. The SMILES string of the molecule is CCCC1CCN(c2ncccc2[C@@H](C)N)C1. The first-order valence-electron chi connectivity index (χ1n) is 6.67. The first kappa shape index (κ1) is 12.4. The maximum atomic E-state index is 6.01. The average Bonchev–Trinajstić information content (AvgIpc) is 2.78. The van der Waals surface area contributed by atoms with Gasteiger partial charge in [0.15, 0.2) is 0 Å². The van der Waals surface area contributed by atoms with Gasteiger partial charge in [-0.15, -0.1) is 0 Å². The van der Waals surface area contributed by atoms with Crippen LogP contribution in [0.5, 0.6) is 0 Å². The molecule has 1 aromatic rings. The van der Waals surface area contributed by atoms with E-state index < -0.39 is 0 Å². The maximum Gasteiger partial charge on any atom is 0.133 e. The van der Waals surface area contributed by atoms with Crippen LogP contribution in [0.1, 0.15) is 44.7 Å². The van der Waals surface area contributed by atoms with Crippen LogP contribution in [-0.4, -0.2) is 18.1 Å². The zero-order valence-corrected chi connectivity index (χ0v) is 10.9. The molecule has 3 heteroatoms. The van der Waals surface area contributed by atoms with Gasteiger partial charge in [-0.2, -0.15) is 0 Å². The van der Waals surface area contributed by atoms with Crippen LogP contribution in [0.15, 0.2) is 18.3 Å². The second-order valence-electron chi connectivity index (χ2n) is 5.09. The second-order valence-corrected chi connectivity index (χ2v) is 5.09. The second kappa shape index (κ2) is 5.50. The zero-order valence-electron chi connectivity index (χ0n) is 10.9. The van der Waals surface area contributed by atoms with Crippen molar-refractivity contribution < 1.29 is 0 Å². The van der Waals surface area contributed by atoms with E-state index in [1.54, 1.807) is 0 Å². The van der Waals surface area contributed by atoms with Crippen LogP contribution in [0.2, 0.25) is 0 Å². The summed E-state index contributed by atoms with van der Waals surface area (Å²) >= 11 is 0. The van der Waals surface area contributed by atoms with Gasteiger partial charge in [-0.1, -0.05) is 19.4 Å². The summed E-state index contributed by atoms with van der Waals surface area (Å²) in [4.78, 5) is 6.92. The van der Waals surface area contributed by atoms with Gasteiger partial charge in [-0.05, 0) is 31.7 Å². The van der Waals surface area contributed by atoms with Gasteiger partial charge in [0.2, 0.25) is 0 Å². The molecule has 1 aliphatic heterocycles. The van der Waals surface area contributed by atoms with Crippen molar-refractivity contribution >= 4 is 5.82 Å². The molecule has 1 fully saturated rings. The van der Waals surface area contributed by atoms with Crippen LogP contribution in [0, 0.1) is 5.92 Å². The lowest BCUT2D eigenvalue weighted by Crippen LogP contribution is -2.23. The molecule has 1 saturated heterocycles. The van der Waals surface area contributed by atoms with Crippen LogP contribution in [0.25, 0.3) is 0 Å². The molecule has 2 N–H and O–H groups in total. The average molecular weight is 233 g/mol. The molecular formula is C14H23N3. The van der Waals surface area contributed by atoms with Gasteiger partial charge in [0.25, 0.3) is 0 Å². The number of hydrogen-bond acceptors (Lipinski definition) is 3. The predicted molar refractivity (Wildman–Crippen MR) is 72.1 cm³/mol. The van der Waals surface area contributed by atoms with Crippen molar-refractivity contribution in [3.8, 4) is 0 Å². The minimum Gasteiger partial charge on any atom is -0.356 e.